The molecular weight excluding hydrogens is 880 g/mol. The molecule has 0 N–H and O–H groups in total. The highest BCUT2D eigenvalue weighted by atomic mass is 19.1. The number of aryl methyl sites for hydroxylation is 2. The molecule has 0 radical (unpaired) electrons. The zero-order valence-corrected chi connectivity index (χ0v) is 39.9. The fourth-order valence-corrected chi connectivity index (χ4v) is 10.9. The molecule has 0 aliphatic carbocycles. The highest BCUT2D eigenvalue weighted by molar-refractivity contribution is 6.26. The van der Waals surface area contributed by atoms with E-state index in [9.17, 15) is 0 Å². The maximum atomic E-state index is 17.4. The Morgan fingerprint density at radius 2 is 0.889 bits per heavy atom. The van der Waals surface area contributed by atoms with E-state index in [1.54, 1.807) is 6.07 Å². The first kappa shape index (κ1) is 42.8. The molecule has 0 unspecified atom stereocenters. The average Bonchev–Trinajstić information content (AvgIpc) is 3.43. The lowest BCUT2D eigenvalue weighted by molar-refractivity contribution is 0.487. The number of benzene rings is 12. The molecule has 0 amide bonds. The van der Waals surface area contributed by atoms with Crippen molar-refractivity contribution in [3.63, 3.8) is 0 Å². The number of halogens is 1. The standard InChI is InChI=1S/C68H47FN2O/c1-44-32-34-54-57(36-44)58-42-61-55-35-33-52(70(50-26-14-6-15-27-50)68-56(48-24-12-5-13-25-48)39-49(40-62(68)69)46-20-8-3-9-21-46)41-65(55)72-66-38-45(2)37-60(67(61)66)59(58)43-64(54)71(51-28-16-7-17-29-51)63-31-19-18-30-53(63)47-22-10-4-11-23-47/h3-43H,1-2H3. The SMILES string of the molecule is Cc1ccc2c(N(c3ccccc3)c3ccccc3-c3ccccc3)cc3c4cc(C)cc5c4c(cc3c2c1)-c1ccc(N(c2ccccc2)c2c(F)cc(-c3ccccc3)cc2-c2ccccc2)cc1O5. The predicted molar refractivity (Wildman–Crippen MR) is 300 cm³/mol. The first-order valence-corrected chi connectivity index (χ1v) is 24.5. The summed E-state index contributed by atoms with van der Waals surface area (Å²) < 4.78 is 24.6. The van der Waals surface area contributed by atoms with Crippen LogP contribution in [-0.2, 0) is 0 Å². The van der Waals surface area contributed by atoms with Crippen LogP contribution in [0.5, 0.6) is 11.5 Å². The predicted octanol–water partition coefficient (Wildman–Crippen LogP) is 19.6. The molecular formula is C68H47FN2O. The van der Waals surface area contributed by atoms with E-state index >= 15 is 4.39 Å². The van der Waals surface area contributed by atoms with Crippen LogP contribution in [0.3, 0.4) is 0 Å². The minimum atomic E-state index is -0.328. The Bertz CT molecular complexity index is 4030. The van der Waals surface area contributed by atoms with Gasteiger partial charge in [0.25, 0.3) is 0 Å². The van der Waals surface area contributed by atoms with Gasteiger partial charge in [-0.3, -0.25) is 0 Å². The van der Waals surface area contributed by atoms with Gasteiger partial charge in [-0.1, -0.05) is 175 Å². The van der Waals surface area contributed by atoms with E-state index in [-0.39, 0.29) is 5.82 Å². The molecule has 0 saturated carbocycles. The quantitative estimate of drug-likeness (QED) is 0.134. The maximum Gasteiger partial charge on any atom is 0.148 e. The van der Waals surface area contributed by atoms with E-state index < -0.39 is 0 Å². The maximum absolute atomic E-state index is 17.4. The Kier molecular flexibility index (Phi) is 10.5. The molecule has 0 aromatic heterocycles. The summed E-state index contributed by atoms with van der Waals surface area (Å²) in [5.74, 6) is 1.17. The number of hydrogen-bond acceptors (Lipinski definition) is 3. The highest BCUT2D eigenvalue weighted by Crippen LogP contribution is 2.54. The fraction of sp³-hybridized carbons (Fsp3) is 0.0294. The third-order valence-electron chi connectivity index (χ3n) is 14.1. The highest BCUT2D eigenvalue weighted by Gasteiger charge is 2.29. The molecule has 0 saturated heterocycles. The lowest BCUT2D eigenvalue weighted by atomic mass is 9.87. The van der Waals surface area contributed by atoms with Gasteiger partial charge < -0.3 is 14.5 Å². The van der Waals surface area contributed by atoms with Gasteiger partial charge in [-0.2, -0.15) is 0 Å². The monoisotopic (exact) mass is 926 g/mol. The minimum absolute atomic E-state index is 0.328. The first-order chi connectivity index (χ1) is 35.4. The third-order valence-corrected chi connectivity index (χ3v) is 14.1. The summed E-state index contributed by atoms with van der Waals surface area (Å²) in [6, 6.07) is 86.4. The molecule has 3 nitrogen and oxygen atoms in total. The van der Waals surface area contributed by atoms with Gasteiger partial charge in [0.1, 0.15) is 17.3 Å². The third kappa shape index (κ3) is 7.35. The summed E-state index contributed by atoms with van der Waals surface area (Å²) in [5, 5.41) is 6.82. The van der Waals surface area contributed by atoms with Gasteiger partial charge in [-0.05, 0) is 142 Å². The molecule has 12 aromatic rings. The van der Waals surface area contributed by atoms with Crippen LogP contribution in [0.4, 0.5) is 38.5 Å². The Labute approximate surface area is 418 Å². The molecule has 1 aliphatic rings. The van der Waals surface area contributed by atoms with Crippen molar-refractivity contribution in [3.8, 4) is 56.0 Å². The van der Waals surface area contributed by atoms with Crippen LogP contribution in [0.1, 0.15) is 11.1 Å². The van der Waals surface area contributed by atoms with Crippen molar-refractivity contribution in [2.45, 2.75) is 13.8 Å². The van der Waals surface area contributed by atoms with Crippen molar-refractivity contribution >= 4 is 66.4 Å². The molecule has 12 aromatic carbocycles. The van der Waals surface area contributed by atoms with Crippen LogP contribution in [0.25, 0.3) is 76.8 Å². The summed E-state index contributed by atoms with van der Waals surface area (Å²) in [6.45, 7) is 4.32. The van der Waals surface area contributed by atoms with E-state index in [0.29, 0.717) is 11.4 Å². The Morgan fingerprint density at radius 1 is 0.319 bits per heavy atom. The molecule has 0 bridgehead atoms. The van der Waals surface area contributed by atoms with Crippen molar-refractivity contribution < 1.29 is 9.13 Å². The number of rotatable bonds is 9. The minimum Gasteiger partial charge on any atom is -0.456 e. The Morgan fingerprint density at radius 3 is 1.58 bits per heavy atom. The zero-order valence-electron chi connectivity index (χ0n) is 39.9. The van der Waals surface area contributed by atoms with Gasteiger partial charge in [0.05, 0.1) is 22.7 Å². The van der Waals surface area contributed by atoms with Crippen LogP contribution in [0, 0.1) is 19.7 Å². The van der Waals surface area contributed by atoms with Crippen molar-refractivity contribution in [2.24, 2.45) is 0 Å². The zero-order chi connectivity index (χ0) is 48.3. The second-order valence-electron chi connectivity index (χ2n) is 18.7. The van der Waals surface area contributed by atoms with E-state index in [4.69, 9.17) is 4.74 Å². The van der Waals surface area contributed by atoms with Crippen LogP contribution in [0.15, 0.2) is 249 Å². The molecule has 13 rings (SSSR count). The average molecular weight is 927 g/mol. The lowest BCUT2D eigenvalue weighted by Crippen LogP contribution is -2.14. The number of hydrogen-bond donors (Lipinski definition) is 0. The normalized spacial score (nSPS) is 11.7. The second-order valence-corrected chi connectivity index (χ2v) is 18.7. The summed E-state index contributed by atoms with van der Waals surface area (Å²) in [4.78, 5) is 4.46. The lowest BCUT2D eigenvalue weighted by Gasteiger charge is -2.31. The fourth-order valence-electron chi connectivity index (χ4n) is 10.9. The van der Waals surface area contributed by atoms with Gasteiger partial charge in [0.2, 0.25) is 0 Å². The molecule has 72 heavy (non-hydrogen) atoms. The second kappa shape index (κ2) is 17.6. The van der Waals surface area contributed by atoms with Gasteiger partial charge in [0.15, 0.2) is 0 Å². The number of nitrogens with zero attached hydrogens (tertiary/aromatic N) is 2. The summed E-state index contributed by atoms with van der Waals surface area (Å²) in [6.07, 6.45) is 0. The van der Waals surface area contributed by atoms with E-state index in [2.05, 4.69) is 170 Å². The molecule has 1 aliphatic heterocycles. The smallest absolute Gasteiger partial charge is 0.148 e. The molecule has 1 heterocycles. The molecule has 0 spiro atoms. The van der Waals surface area contributed by atoms with Gasteiger partial charge in [-0.25, -0.2) is 4.39 Å². The Hall–Kier alpha value is -9.25. The summed E-state index contributed by atoms with van der Waals surface area (Å²) in [7, 11) is 0. The molecule has 4 heteroatoms. The van der Waals surface area contributed by atoms with Crippen molar-refractivity contribution in [3.05, 3.63) is 266 Å². The van der Waals surface area contributed by atoms with Gasteiger partial charge in [-0.15, -0.1) is 0 Å². The summed E-state index contributed by atoms with van der Waals surface area (Å²) >= 11 is 0. The van der Waals surface area contributed by atoms with Crippen molar-refractivity contribution in [1.82, 2.24) is 0 Å². The number of ether oxygens (including phenoxy) is 1. The molecule has 342 valence electrons. The van der Waals surface area contributed by atoms with Crippen molar-refractivity contribution in [2.75, 3.05) is 9.80 Å². The Balaban J connectivity index is 1.03. The first-order valence-electron chi connectivity index (χ1n) is 24.5. The topological polar surface area (TPSA) is 15.7 Å². The van der Waals surface area contributed by atoms with Crippen molar-refractivity contribution in [1.29, 1.82) is 0 Å². The van der Waals surface area contributed by atoms with Crippen LogP contribution in [0.2, 0.25) is 0 Å². The van der Waals surface area contributed by atoms with Gasteiger partial charge in [0, 0.05) is 44.9 Å². The van der Waals surface area contributed by atoms with E-state index in [1.807, 2.05) is 95.9 Å². The van der Waals surface area contributed by atoms with Crippen LogP contribution in [-0.4, -0.2) is 0 Å². The largest absolute Gasteiger partial charge is 0.456 e. The summed E-state index contributed by atoms with van der Waals surface area (Å²) in [5.41, 5.74) is 15.4. The number of fused-ring (bicyclic) bond motifs is 6. The molecule has 0 fully saturated rings. The van der Waals surface area contributed by atoms with Crippen LogP contribution < -0.4 is 14.5 Å². The number of para-hydroxylation sites is 3. The number of anilines is 6. The van der Waals surface area contributed by atoms with E-state index in [0.717, 1.165) is 111 Å². The van der Waals surface area contributed by atoms with Crippen LogP contribution >= 0.6 is 0 Å². The molecule has 0 atom stereocenters. The van der Waals surface area contributed by atoms with E-state index in [1.165, 1.54) is 10.9 Å². The van der Waals surface area contributed by atoms with Gasteiger partial charge >= 0.3 is 0 Å².